The van der Waals surface area contributed by atoms with E-state index in [1.165, 1.54) is 0 Å². The molecule has 0 amide bonds. The van der Waals surface area contributed by atoms with Gasteiger partial charge in [-0.1, -0.05) is 12.1 Å². The van der Waals surface area contributed by atoms with Crippen LogP contribution in [-0.4, -0.2) is 7.05 Å². The third kappa shape index (κ3) is 3.35. The quantitative estimate of drug-likeness (QED) is 0.444. The molecule has 1 aromatic carbocycles. The highest BCUT2D eigenvalue weighted by Gasteiger charge is 1.89. The number of hydrogen-bond acceptors (Lipinski definition) is 2. The minimum Gasteiger partial charge on any atom is -1.00 e. The van der Waals surface area contributed by atoms with Gasteiger partial charge in [0.1, 0.15) is 0 Å². The van der Waals surface area contributed by atoms with Crippen LogP contribution in [0.15, 0.2) is 24.3 Å². The van der Waals surface area contributed by atoms with Crippen LogP contribution in [0.3, 0.4) is 0 Å². The summed E-state index contributed by atoms with van der Waals surface area (Å²) in [5.74, 6) is 0. The van der Waals surface area contributed by atoms with Crippen molar-refractivity contribution in [1.29, 1.82) is 0 Å². The van der Waals surface area contributed by atoms with Gasteiger partial charge in [0.25, 0.3) is 0 Å². The number of nitrogens with two attached hydrogens (primary N) is 1. The molecule has 0 aromatic heterocycles. The molecule has 1 rings (SSSR count). The molecule has 0 bridgehead atoms. The second-order valence-corrected chi connectivity index (χ2v) is 1.84. The predicted molar refractivity (Wildman–Crippen MR) is 42.6 cm³/mol. The van der Waals surface area contributed by atoms with Crippen LogP contribution in [0.1, 0.15) is 2.85 Å². The Morgan fingerprint density at radius 3 is 2.18 bits per heavy atom. The second kappa shape index (κ2) is 6.13. The fourth-order valence-electron chi connectivity index (χ4n) is 0.725. The first-order chi connectivity index (χ1) is 4.34. The van der Waals surface area contributed by atoms with Gasteiger partial charge in [-0.3, -0.25) is 0 Å². The number of hydrogen-bond donors (Lipinski definition) is 2. The van der Waals surface area contributed by atoms with Crippen molar-refractivity contribution in [2.24, 2.45) is 0 Å². The van der Waals surface area contributed by atoms with Gasteiger partial charge in [-0.15, -0.1) is 0 Å². The number of halogens is 2. The van der Waals surface area contributed by atoms with E-state index in [4.69, 9.17) is 5.73 Å². The predicted octanol–water partition coefficient (Wildman–Crippen LogP) is -4.46. The minimum absolute atomic E-state index is 0. The Labute approximate surface area is 82.0 Å². The number of anilines is 2. The molecule has 0 aliphatic heterocycles. The van der Waals surface area contributed by atoms with E-state index in [-0.39, 0.29) is 27.7 Å². The van der Waals surface area contributed by atoms with Crippen molar-refractivity contribution >= 4 is 11.4 Å². The summed E-state index contributed by atoms with van der Waals surface area (Å²) < 4.78 is 0. The molecule has 0 saturated heterocycles. The third-order valence-corrected chi connectivity index (χ3v) is 1.23. The summed E-state index contributed by atoms with van der Waals surface area (Å²) in [5.41, 5.74) is 7.34. The van der Waals surface area contributed by atoms with Gasteiger partial charge >= 0.3 is 2.85 Å². The zero-order valence-electron chi connectivity index (χ0n) is 8.14. The minimum atomic E-state index is 0. The Hall–Kier alpha value is -0.600. The second-order valence-electron chi connectivity index (χ2n) is 1.84. The smallest absolute Gasteiger partial charge is 1.00 e. The van der Waals surface area contributed by atoms with Crippen molar-refractivity contribution in [3.8, 4) is 0 Å². The molecule has 0 atom stereocenters. The Morgan fingerprint density at radius 2 is 1.82 bits per heavy atom. The van der Waals surface area contributed by atoms with Crippen LogP contribution in [0.4, 0.5) is 11.4 Å². The van der Waals surface area contributed by atoms with Crippen LogP contribution in [-0.2, 0) is 0 Å². The average Bonchev–Trinajstić information content (AvgIpc) is 1.89. The summed E-state index contributed by atoms with van der Waals surface area (Å²) in [5, 5.41) is 2.97. The van der Waals surface area contributed by atoms with Crippen molar-refractivity contribution in [1.82, 2.24) is 0 Å². The highest BCUT2D eigenvalue weighted by molar-refractivity contribution is 5.65. The molecular formula is C7H12Cl2N2. The number of benzene rings is 1. The Morgan fingerprint density at radius 1 is 1.27 bits per heavy atom. The van der Waals surface area contributed by atoms with Crippen molar-refractivity contribution in [3.05, 3.63) is 24.3 Å². The molecule has 0 heterocycles. The fourth-order valence-corrected chi connectivity index (χ4v) is 0.725. The zero-order valence-corrected chi connectivity index (χ0v) is 7.65. The van der Waals surface area contributed by atoms with E-state index in [1.54, 1.807) is 0 Å². The first-order valence-electron chi connectivity index (χ1n) is 2.87. The maximum absolute atomic E-state index is 5.57. The molecule has 11 heavy (non-hydrogen) atoms. The third-order valence-electron chi connectivity index (χ3n) is 1.23. The fraction of sp³-hybridized carbons (Fsp3) is 0.143. The van der Waals surface area contributed by atoms with Crippen molar-refractivity contribution in [2.45, 2.75) is 0 Å². The molecule has 0 fully saturated rings. The van der Waals surface area contributed by atoms with Gasteiger partial charge in [0.15, 0.2) is 0 Å². The molecule has 0 saturated carbocycles. The molecular weight excluding hydrogens is 183 g/mol. The van der Waals surface area contributed by atoms with Crippen LogP contribution in [0, 0.1) is 0 Å². The van der Waals surface area contributed by atoms with Gasteiger partial charge < -0.3 is 35.9 Å². The molecule has 2 nitrogen and oxygen atoms in total. The summed E-state index contributed by atoms with van der Waals surface area (Å²) in [6.45, 7) is 0. The molecule has 4 heteroatoms. The SMILES string of the molecule is CNc1ccccc1N.[Cl-].[Cl-].[H+].[H+]. The lowest BCUT2D eigenvalue weighted by Gasteiger charge is -2.01. The first-order valence-corrected chi connectivity index (χ1v) is 2.87. The van der Waals surface area contributed by atoms with E-state index >= 15 is 0 Å². The Bertz CT molecular complexity index is 211. The summed E-state index contributed by atoms with van der Waals surface area (Å²) in [7, 11) is 1.85. The topological polar surface area (TPSA) is 38.0 Å². The van der Waals surface area contributed by atoms with Crippen LogP contribution in [0.25, 0.3) is 0 Å². The van der Waals surface area contributed by atoms with Gasteiger partial charge in [-0.25, -0.2) is 0 Å². The summed E-state index contributed by atoms with van der Waals surface area (Å²) >= 11 is 0. The van der Waals surface area contributed by atoms with Gasteiger partial charge in [0.05, 0.1) is 11.4 Å². The molecule has 0 spiro atoms. The molecule has 1 aromatic rings. The maximum Gasteiger partial charge on any atom is 1.00 e. The van der Waals surface area contributed by atoms with Gasteiger partial charge in [-0.05, 0) is 12.1 Å². The van der Waals surface area contributed by atoms with Gasteiger partial charge in [0.2, 0.25) is 0 Å². The summed E-state index contributed by atoms with van der Waals surface area (Å²) in [6, 6.07) is 7.67. The largest absolute Gasteiger partial charge is 1.00 e. The lowest BCUT2D eigenvalue weighted by molar-refractivity contribution is -0.00100. The summed E-state index contributed by atoms with van der Waals surface area (Å²) in [6.07, 6.45) is 0. The van der Waals surface area contributed by atoms with Crippen LogP contribution >= 0.6 is 0 Å². The van der Waals surface area contributed by atoms with Gasteiger partial charge in [-0.2, -0.15) is 0 Å². The van der Waals surface area contributed by atoms with E-state index in [2.05, 4.69) is 5.32 Å². The van der Waals surface area contributed by atoms with Crippen LogP contribution in [0.2, 0.25) is 0 Å². The van der Waals surface area contributed by atoms with Crippen LogP contribution < -0.4 is 35.9 Å². The summed E-state index contributed by atoms with van der Waals surface area (Å²) in [4.78, 5) is 0. The number of rotatable bonds is 1. The number of nitrogens with one attached hydrogen (secondary N) is 1. The van der Waals surface area contributed by atoms with Crippen molar-refractivity contribution in [2.75, 3.05) is 18.1 Å². The highest BCUT2D eigenvalue weighted by Crippen LogP contribution is 2.14. The molecule has 0 radical (unpaired) electrons. The van der Waals surface area contributed by atoms with E-state index in [0.29, 0.717) is 0 Å². The Balaban J connectivity index is -0.000000101. The standard InChI is InChI=1S/C7H10N2.2ClH/c1-9-7-5-3-2-4-6(7)8;;/h2-5,9H,8H2,1H3;2*1H. The van der Waals surface area contributed by atoms with Crippen molar-refractivity contribution in [3.63, 3.8) is 0 Å². The van der Waals surface area contributed by atoms with Crippen molar-refractivity contribution < 1.29 is 27.7 Å². The average molecular weight is 195 g/mol. The molecule has 64 valence electrons. The highest BCUT2D eigenvalue weighted by atomic mass is 35.5. The zero-order chi connectivity index (χ0) is 6.69. The van der Waals surface area contributed by atoms with E-state index in [1.807, 2.05) is 31.3 Å². The first kappa shape index (κ1) is 13.0. The lowest BCUT2D eigenvalue weighted by atomic mass is 10.3. The van der Waals surface area contributed by atoms with E-state index in [9.17, 15) is 0 Å². The number of nitrogen functional groups attached to an aromatic ring is 1. The molecule has 0 aliphatic carbocycles. The molecule has 0 unspecified atom stereocenters. The monoisotopic (exact) mass is 194 g/mol. The van der Waals surface area contributed by atoms with Crippen LogP contribution in [0.5, 0.6) is 0 Å². The normalized spacial score (nSPS) is 7.36. The maximum atomic E-state index is 5.57. The number of para-hydroxylation sites is 2. The lowest BCUT2D eigenvalue weighted by Crippen LogP contribution is -3.00. The van der Waals surface area contributed by atoms with Gasteiger partial charge in [0, 0.05) is 7.05 Å². The molecule has 3 N–H and O–H groups in total. The van der Waals surface area contributed by atoms with E-state index in [0.717, 1.165) is 11.4 Å². The Kier molecular flexibility index (Phi) is 7.26. The molecule has 0 aliphatic rings. The van der Waals surface area contributed by atoms with E-state index < -0.39 is 0 Å².